The summed E-state index contributed by atoms with van der Waals surface area (Å²) < 4.78 is 0. The fourth-order valence-electron chi connectivity index (χ4n) is 4.19. The summed E-state index contributed by atoms with van der Waals surface area (Å²) in [5.74, 6) is 0.0522. The molecule has 37 heavy (non-hydrogen) atoms. The van der Waals surface area contributed by atoms with E-state index in [-0.39, 0.29) is 11.7 Å². The average molecular weight is 492 g/mol. The van der Waals surface area contributed by atoms with E-state index in [2.05, 4.69) is 19.2 Å². The van der Waals surface area contributed by atoms with Gasteiger partial charge in [-0.25, -0.2) is 0 Å². The Hall–Kier alpha value is -3.98. The Morgan fingerprint density at radius 3 is 1.51 bits per heavy atom. The van der Waals surface area contributed by atoms with Crippen molar-refractivity contribution in [2.45, 2.75) is 55.4 Å². The third kappa shape index (κ3) is 7.04. The van der Waals surface area contributed by atoms with Crippen LogP contribution in [-0.2, 0) is 0 Å². The number of nitrogens with one attached hydrogen (secondary N) is 1. The molecule has 0 saturated carbocycles. The first-order valence-corrected chi connectivity index (χ1v) is 12.6. The average Bonchev–Trinajstić information content (AvgIpc) is 2.83. The summed E-state index contributed by atoms with van der Waals surface area (Å²) in [7, 11) is 0. The zero-order chi connectivity index (χ0) is 27.3. The highest BCUT2D eigenvalue weighted by Gasteiger charge is 2.12. The molecule has 3 nitrogen and oxygen atoms in total. The molecule has 0 spiro atoms. The molecule has 3 heteroatoms. The van der Waals surface area contributed by atoms with Crippen molar-refractivity contribution in [3.63, 3.8) is 0 Å². The molecule has 0 aromatic heterocycles. The fraction of sp³-hybridized carbons (Fsp3) is 0.235. The molecule has 1 amide bonds. The van der Waals surface area contributed by atoms with E-state index in [1.165, 1.54) is 27.8 Å². The number of hydrogen-bond acceptors (Lipinski definition) is 2. The lowest BCUT2D eigenvalue weighted by Gasteiger charge is -2.10. The summed E-state index contributed by atoms with van der Waals surface area (Å²) in [5.41, 5.74) is 12.3. The minimum Gasteiger partial charge on any atom is -0.322 e. The molecule has 4 aromatic carbocycles. The van der Waals surface area contributed by atoms with Gasteiger partial charge in [0.25, 0.3) is 5.91 Å². The molecule has 0 aliphatic carbocycles. The monoisotopic (exact) mass is 491 g/mol. The van der Waals surface area contributed by atoms with Crippen molar-refractivity contribution < 1.29 is 9.59 Å². The molecular weight excluding hydrogens is 454 g/mol. The maximum absolute atomic E-state index is 12.4. The van der Waals surface area contributed by atoms with Crippen LogP contribution < -0.4 is 5.32 Å². The molecule has 4 aromatic rings. The molecule has 0 unspecified atom stereocenters. The molecule has 4 rings (SSSR count). The molecule has 0 bridgehead atoms. The van der Waals surface area contributed by atoms with E-state index in [4.69, 9.17) is 0 Å². The lowest BCUT2D eigenvalue weighted by Crippen LogP contribution is -2.13. The maximum Gasteiger partial charge on any atom is 0.255 e. The first kappa shape index (κ1) is 27.6. The molecule has 0 heterocycles. The second-order valence-corrected chi connectivity index (χ2v) is 10.0. The molecule has 0 fully saturated rings. The number of rotatable bonds is 4. The zero-order valence-electron chi connectivity index (χ0n) is 23.2. The van der Waals surface area contributed by atoms with Crippen LogP contribution in [0.5, 0.6) is 0 Å². The van der Waals surface area contributed by atoms with Gasteiger partial charge in [-0.05, 0) is 113 Å². The summed E-state index contributed by atoms with van der Waals surface area (Å²) in [6.07, 6.45) is 0. The Morgan fingerprint density at radius 1 is 0.486 bits per heavy atom. The van der Waals surface area contributed by atoms with Gasteiger partial charge in [0.2, 0.25) is 0 Å². The van der Waals surface area contributed by atoms with Gasteiger partial charge in [-0.3, -0.25) is 9.59 Å². The highest BCUT2D eigenvalue weighted by molar-refractivity contribution is 6.10. The lowest BCUT2D eigenvalue weighted by molar-refractivity contribution is 0.102. The number of hydrogen-bond donors (Lipinski definition) is 1. The largest absolute Gasteiger partial charge is 0.322 e. The molecule has 0 radical (unpaired) electrons. The predicted molar refractivity (Wildman–Crippen MR) is 155 cm³/mol. The van der Waals surface area contributed by atoms with Gasteiger partial charge >= 0.3 is 0 Å². The molecule has 1 N–H and O–H groups in total. The minimum atomic E-state index is -0.0549. The lowest BCUT2D eigenvalue weighted by atomic mass is 9.95. The van der Waals surface area contributed by atoms with Crippen molar-refractivity contribution in [2.75, 3.05) is 5.32 Å². The number of benzene rings is 4. The zero-order valence-corrected chi connectivity index (χ0v) is 23.2. The number of carbonyl (C=O) groups excluding carboxylic acids is 2. The van der Waals surface area contributed by atoms with Crippen molar-refractivity contribution in [1.29, 1.82) is 0 Å². The Bertz CT molecular complexity index is 1460. The summed E-state index contributed by atoms with van der Waals surface area (Å²) in [6, 6.07) is 23.6. The molecular formula is C34H37NO2. The van der Waals surface area contributed by atoms with Crippen molar-refractivity contribution in [3.8, 4) is 0 Å². The van der Waals surface area contributed by atoms with E-state index in [0.717, 1.165) is 39.1 Å². The Labute approximate surface area is 221 Å². The van der Waals surface area contributed by atoms with Crippen LogP contribution in [0, 0.1) is 55.4 Å². The Morgan fingerprint density at radius 2 is 1.00 bits per heavy atom. The quantitative estimate of drug-likeness (QED) is 0.292. The first-order chi connectivity index (χ1) is 17.5. The first-order valence-electron chi connectivity index (χ1n) is 12.6. The summed E-state index contributed by atoms with van der Waals surface area (Å²) in [4.78, 5) is 24.7. The fourth-order valence-corrected chi connectivity index (χ4v) is 4.19. The number of aryl methyl sites for hydroxylation is 8. The molecule has 0 atom stereocenters. The summed E-state index contributed by atoms with van der Waals surface area (Å²) in [5, 5.41) is 2.95. The number of ketones is 1. The third-order valence-corrected chi connectivity index (χ3v) is 6.79. The normalized spacial score (nSPS) is 10.4. The van der Waals surface area contributed by atoms with Crippen molar-refractivity contribution >= 4 is 17.4 Å². The van der Waals surface area contributed by atoms with Gasteiger partial charge in [0.15, 0.2) is 5.78 Å². The van der Waals surface area contributed by atoms with E-state index in [1.54, 1.807) is 0 Å². The van der Waals surface area contributed by atoms with Gasteiger partial charge in [-0.2, -0.15) is 0 Å². The smallest absolute Gasteiger partial charge is 0.255 e. The summed E-state index contributed by atoms with van der Waals surface area (Å²) >= 11 is 0. The molecule has 0 saturated heterocycles. The van der Waals surface area contributed by atoms with Crippen molar-refractivity contribution in [3.05, 3.63) is 134 Å². The molecule has 0 aliphatic rings. The van der Waals surface area contributed by atoms with Crippen LogP contribution in [0.25, 0.3) is 0 Å². The van der Waals surface area contributed by atoms with Crippen LogP contribution in [0.1, 0.15) is 70.8 Å². The topological polar surface area (TPSA) is 46.2 Å². The van der Waals surface area contributed by atoms with Gasteiger partial charge in [0.05, 0.1) is 0 Å². The summed E-state index contributed by atoms with van der Waals surface area (Å²) in [6.45, 7) is 16.2. The van der Waals surface area contributed by atoms with Gasteiger partial charge in [0.1, 0.15) is 0 Å². The van der Waals surface area contributed by atoms with Crippen LogP contribution in [0.15, 0.2) is 72.8 Å². The maximum atomic E-state index is 12.4. The van der Waals surface area contributed by atoms with Crippen LogP contribution >= 0.6 is 0 Å². The number of anilines is 1. The highest BCUT2D eigenvalue weighted by atomic mass is 16.1. The SMILES string of the molecule is Cc1ccc(C(=O)Nc2ccc(C)c(C)c2)c(C)c1.Cc1ccc(C(=O)c2ccc(C)c(C)c2)c(C)c1. The van der Waals surface area contributed by atoms with E-state index >= 15 is 0 Å². The van der Waals surface area contributed by atoms with Crippen LogP contribution in [0.2, 0.25) is 0 Å². The van der Waals surface area contributed by atoms with E-state index in [9.17, 15) is 9.59 Å². The highest BCUT2D eigenvalue weighted by Crippen LogP contribution is 2.19. The van der Waals surface area contributed by atoms with E-state index < -0.39 is 0 Å². The Kier molecular flexibility index (Phi) is 8.83. The Balaban J connectivity index is 0.000000206. The number of carbonyl (C=O) groups is 2. The minimum absolute atomic E-state index is 0.0549. The van der Waals surface area contributed by atoms with Crippen molar-refractivity contribution in [1.82, 2.24) is 0 Å². The second kappa shape index (κ2) is 11.8. The molecule has 0 aliphatic heterocycles. The van der Waals surface area contributed by atoms with Crippen molar-refractivity contribution in [2.24, 2.45) is 0 Å². The number of amides is 1. The van der Waals surface area contributed by atoms with E-state index in [0.29, 0.717) is 0 Å². The van der Waals surface area contributed by atoms with Gasteiger partial charge in [0, 0.05) is 22.4 Å². The predicted octanol–water partition coefficient (Wildman–Crippen LogP) is 8.32. The third-order valence-electron chi connectivity index (χ3n) is 6.79. The standard InChI is InChI=1S/C17H19NO.C17H18O/c1-11-5-8-16(14(4)9-11)17(19)18-15-7-6-12(2)13(3)10-15;1-11-5-8-16(14(4)9-11)17(18)15-7-6-12(2)13(3)10-15/h5-10H,1-4H3,(H,18,19);5-10H,1-4H3. The van der Waals surface area contributed by atoms with Gasteiger partial charge in [-0.15, -0.1) is 0 Å². The van der Waals surface area contributed by atoms with E-state index in [1.807, 2.05) is 114 Å². The second-order valence-electron chi connectivity index (χ2n) is 10.0. The van der Waals surface area contributed by atoms with Gasteiger partial charge in [-0.1, -0.05) is 59.7 Å². The molecule has 190 valence electrons. The van der Waals surface area contributed by atoms with Gasteiger partial charge < -0.3 is 5.32 Å². The van der Waals surface area contributed by atoms with Crippen LogP contribution in [0.4, 0.5) is 5.69 Å². The van der Waals surface area contributed by atoms with Crippen LogP contribution in [0.3, 0.4) is 0 Å². The van der Waals surface area contributed by atoms with Crippen LogP contribution in [-0.4, -0.2) is 11.7 Å².